The summed E-state index contributed by atoms with van der Waals surface area (Å²) in [7, 11) is 0. The van der Waals surface area contributed by atoms with Crippen LogP contribution in [0.5, 0.6) is 5.75 Å². The van der Waals surface area contributed by atoms with E-state index in [1.165, 1.54) is 12.1 Å². The second-order valence-electron chi connectivity index (χ2n) is 7.76. The Morgan fingerprint density at radius 2 is 1.85 bits per heavy atom. The Labute approximate surface area is 188 Å². The Balaban J connectivity index is 1.56. The Morgan fingerprint density at radius 1 is 1.15 bits per heavy atom. The molecule has 9 heteroatoms. The van der Waals surface area contributed by atoms with Gasteiger partial charge in [0, 0.05) is 18.8 Å². The second kappa shape index (κ2) is 9.01. The number of hydrogen-bond donors (Lipinski definition) is 2. The summed E-state index contributed by atoms with van der Waals surface area (Å²) in [5.74, 6) is 0.227. The maximum atomic E-state index is 12.9. The molecule has 2 aromatic carbocycles. The first-order valence-electron chi connectivity index (χ1n) is 10.3. The SMILES string of the molecule is CC(Nc1nccc2c1N(Cc1ccc(C(F)(F)F)cc1)CCO2)c1ccc(C(=O)O)cc1. The minimum Gasteiger partial charge on any atom is -0.489 e. The highest BCUT2D eigenvalue weighted by atomic mass is 19.4. The van der Waals surface area contributed by atoms with Crippen LogP contribution in [0.3, 0.4) is 0 Å². The van der Waals surface area contributed by atoms with E-state index in [0.717, 1.165) is 28.9 Å². The largest absolute Gasteiger partial charge is 0.489 e. The number of hydrogen-bond acceptors (Lipinski definition) is 5. The van der Waals surface area contributed by atoms with Crippen molar-refractivity contribution in [2.45, 2.75) is 25.7 Å². The second-order valence-corrected chi connectivity index (χ2v) is 7.76. The maximum Gasteiger partial charge on any atom is 0.416 e. The third-order valence-electron chi connectivity index (χ3n) is 5.49. The molecule has 2 heterocycles. The fraction of sp³-hybridized carbons (Fsp3) is 0.250. The molecular weight excluding hydrogens is 435 g/mol. The van der Waals surface area contributed by atoms with Crippen LogP contribution in [-0.2, 0) is 12.7 Å². The molecule has 0 amide bonds. The predicted molar refractivity (Wildman–Crippen MR) is 118 cm³/mol. The van der Waals surface area contributed by atoms with E-state index < -0.39 is 17.7 Å². The number of ether oxygens (including phenoxy) is 1. The normalized spacial score (nSPS) is 14.2. The van der Waals surface area contributed by atoms with Crippen LogP contribution in [0.4, 0.5) is 24.7 Å². The van der Waals surface area contributed by atoms with E-state index >= 15 is 0 Å². The smallest absolute Gasteiger partial charge is 0.416 e. The molecule has 1 atom stereocenters. The fourth-order valence-corrected chi connectivity index (χ4v) is 3.72. The van der Waals surface area contributed by atoms with Gasteiger partial charge in [0.05, 0.1) is 23.7 Å². The van der Waals surface area contributed by atoms with Crippen molar-refractivity contribution in [2.75, 3.05) is 23.4 Å². The molecule has 0 saturated carbocycles. The zero-order valence-corrected chi connectivity index (χ0v) is 17.8. The molecule has 172 valence electrons. The van der Waals surface area contributed by atoms with Gasteiger partial charge in [-0.25, -0.2) is 9.78 Å². The summed E-state index contributed by atoms with van der Waals surface area (Å²) >= 11 is 0. The van der Waals surface area contributed by atoms with E-state index in [-0.39, 0.29) is 11.6 Å². The van der Waals surface area contributed by atoms with Gasteiger partial charge in [0.2, 0.25) is 0 Å². The molecule has 0 spiro atoms. The molecular formula is C24H22F3N3O3. The Kier molecular flexibility index (Phi) is 6.13. The standard InChI is InChI=1S/C24H22F3N3O3/c1-15(17-4-6-18(7-5-17)23(31)32)29-22-21-20(10-11-28-22)33-13-12-30(21)14-16-2-8-19(9-3-16)24(25,26)27/h2-11,15H,12-14H2,1H3,(H,28,29)(H,31,32). The van der Waals surface area contributed by atoms with Gasteiger partial charge in [-0.1, -0.05) is 24.3 Å². The number of alkyl halides is 3. The highest BCUT2D eigenvalue weighted by Gasteiger charge is 2.30. The molecule has 6 nitrogen and oxygen atoms in total. The number of aromatic nitrogens is 1. The molecule has 1 unspecified atom stereocenters. The van der Waals surface area contributed by atoms with E-state index in [2.05, 4.69) is 10.3 Å². The number of carboxylic acid groups (broad SMARTS) is 1. The summed E-state index contributed by atoms with van der Waals surface area (Å²) in [5, 5.41) is 12.4. The number of rotatable bonds is 6. The molecule has 0 saturated heterocycles. The van der Waals surface area contributed by atoms with Crippen LogP contribution in [0, 0.1) is 0 Å². The maximum absolute atomic E-state index is 12.9. The number of nitrogens with one attached hydrogen (secondary N) is 1. The van der Waals surface area contributed by atoms with Crippen LogP contribution in [-0.4, -0.2) is 29.2 Å². The molecule has 2 N–H and O–H groups in total. The van der Waals surface area contributed by atoms with Gasteiger partial charge in [0.1, 0.15) is 18.0 Å². The van der Waals surface area contributed by atoms with Gasteiger partial charge in [-0.2, -0.15) is 13.2 Å². The zero-order chi connectivity index (χ0) is 23.6. The summed E-state index contributed by atoms with van der Waals surface area (Å²) < 4.78 is 44.4. The summed E-state index contributed by atoms with van der Waals surface area (Å²) in [6.45, 7) is 3.33. The lowest BCUT2D eigenvalue weighted by Gasteiger charge is -2.33. The molecule has 3 aromatic rings. The molecule has 1 aromatic heterocycles. The number of carbonyl (C=O) groups is 1. The Hall–Kier alpha value is -3.75. The number of carboxylic acids is 1. The number of nitrogens with zero attached hydrogens (tertiary/aromatic N) is 2. The first-order chi connectivity index (χ1) is 15.7. The third kappa shape index (κ3) is 5.02. The molecule has 1 aliphatic heterocycles. The van der Waals surface area contributed by atoms with Crippen LogP contribution >= 0.6 is 0 Å². The number of anilines is 2. The number of pyridine rings is 1. The van der Waals surface area contributed by atoms with Gasteiger partial charge < -0.3 is 20.1 Å². The number of aromatic carboxylic acids is 1. The molecule has 0 radical (unpaired) electrons. The lowest BCUT2D eigenvalue weighted by molar-refractivity contribution is -0.137. The average Bonchev–Trinajstić information content (AvgIpc) is 2.79. The highest BCUT2D eigenvalue weighted by Crippen LogP contribution is 2.39. The molecule has 0 aliphatic carbocycles. The van der Waals surface area contributed by atoms with E-state index in [4.69, 9.17) is 9.84 Å². The van der Waals surface area contributed by atoms with Crippen molar-refractivity contribution in [3.05, 3.63) is 83.0 Å². The van der Waals surface area contributed by atoms with Gasteiger partial charge in [0.25, 0.3) is 0 Å². The van der Waals surface area contributed by atoms with Gasteiger partial charge in [-0.3, -0.25) is 0 Å². The fourth-order valence-electron chi connectivity index (χ4n) is 3.72. The van der Waals surface area contributed by atoms with Crippen molar-refractivity contribution in [2.24, 2.45) is 0 Å². The first-order valence-corrected chi connectivity index (χ1v) is 10.3. The van der Waals surface area contributed by atoms with Crippen LogP contribution in [0.15, 0.2) is 60.8 Å². The lowest BCUT2D eigenvalue weighted by atomic mass is 10.1. The van der Waals surface area contributed by atoms with Gasteiger partial charge in [-0.05, 0) is 42.3 Å². The van der Waals surface area contributed by atoms with E-state index in [1.54, 1.807) is 36.5 Å². The molecule has 1 aliphatic rings. The van der Waals surface area contributed by atoms with Crippen LogP contribution in [0.1, 0.15) is 40.0 Å². The molecule has 0 fully saturated rings. The van der Waals surface area contributed by atoms with Gasteiger partial charge in [-0.15, -0.1) is 0 Å². The van der Waals surface area contributed by atoms with Gasteiger partial charge in [0.15, 0.2) is 5.82 Å². The van der Waals surface area contributed by atoms with Crippen molar-refractivity contribution in [3.8, 4) is 5.75 Å². The zero-order valence-electron chi connectivity index (χ0n) is 17.8. The molecule has 0 bridgehead atoms. The van der Waals surface area contributed by atoms with E-state index in [9.17, 15) is 18.0 Å². The number of halogens is 3. The monoisotopic (exact) mass is 457 g/mol. The number of fused-ring (bicyclic) bond motifs is 1. The van der Waals surface area contributed by atoms with Crippen molar-refractivity contribution in [1.29, 1.82) is 0 Å². The van der Waals surface area contributed by atoms with Crippen LogP contribution < -0.4 is 15.0 Å². The van der Waals surface area contributed by atoms with Crippen LogP contribution in [0.2, 0.25) is 0 Å². The quantitative estimate of drug-likeness (QED) is 0.518. The van der Waals surface area contributed by atoms with E-state index in [0.29, 0.717) is 31.3 Å². The first kappa shape index (κ1) is 22.4. The molecule has 4 rings (SSSR count). The minimum atomic E-state index is -4.37. The Morgan fingerprint density at radius 3 is 2.48 bits per heavy atom. The molecule has 33 heavy (non-hydrogen) atoms. The van der Waals surface area contributed by atoms with Gasteiger partial charge >= 0.3 is 12.1 Å². The average molecular weight is 457 g/mol. The van der Waals surface area contributed by atoms with Crippen molar-refractivity contribution < 1.29 is 27.8 Å². The topological polar surface area (TPSA) is 74.7 Å². The third-order valence-corrected chi connectivity index (χ3v) is 5.49. The van der Waals surface area contributed by atoms with Crippen molar-refractivity contribution in [3.63, 3.8) is 0 Å². The van der Waals surface area contributed by atoms with Crippen LogP contribution in [0.25, 0.3) is 0 Å². The lowest BCUT2D eigenvalue weighted by Crippen LogP contribution is -2.33. The van der Waals surface area contributed by atoms with Crippen molar-refractivity contribution in [1.82, 2.24) is 4.98 Å². The summed E-state index contributed by atoms with van der Waals surface area (Å²) in [6.07, 6.45) is -2.74. The van der Waals surface area contributed by atoms with E-state index in [1.807, 2.05) is 11.8 Å². The highest BCUT2D eigenvalue weighted by molar-refractivity contribution is 5.87. The summed E-state index contributed by atoms with van der Waals surface area (Å²) in [5.41, 5.74) is 1.88. The number of benzene rings is 2. The Bertz CT molecular complexity index is 1130. The summed E-state index contributed by atoms with van der Waals surface area (Å²) in [4.78, 5) is 17.6. The predicted octanol–water partition coefficient (Wildman–Crippen LogP) is 5.37. The minimum absolute atomic E-state index is 0.179. The van der Waals surface area contributed by atoms with Crippen molar-refractivity contribution >= 4 is 17.5 Å². The summed E-state index contributed by atoms with van der Waals surface area (Å²) in [6, 6.07) is 13.3.